The molecular formula is C20H20N4O. The van der Waals surface area contributed by atoms with Crippen LogP contribution in [-0.4, -0.2) is 15.6 Å². The molecule has 1 N–H and O–H groups in total. The number of benzene rings is 1. The van der Waals surface area contributed by atoms with Crippen LogP contribution in [0.25, 0.3) is 0 Å². The number of allylic oxidation sites excluding steroid dienone is 2. The largest absolute Gasteiger partial charge is 0.342 e. The summed E-state index contributed by atoms with van der Waals surface area (Å²) in [6.07, 6.45) is 2.88. The van der Waals surface area contributed by atoms with E-state index in [1.165, 1.54) is 5.56 Å². The van der Waals surface area contributed by atoms with Crippen molar-refractivity contribution in [1.82, 2.24) is 9.78 Å². The topological polar surface area (TPSA) is 70.7 Å². The highest BCUT2D eigenvalue weighted by Crippen LogP contribution is 2.46. The fourth-order valence-electron chi connectivity index (χ4n) is 3.85. The van der Waals surface area contributed by atoms with E-state index in [1.54, 1.807) is 10.9 Å². The van der Waals surface area contributed by atoms with Gasteiger partial charge in [0.25, 0.3) is 0 Å². The number of aromatic nitrogens is 2. The van der Waals surface area contributed by atoms with Gasteiger partial charge in [0.15, 0.2) is 5.78 Å². The third-order valence-electron chi connectivity index (χ3n) is 5.02. The molecular weight excluding hydrogens is 312 g/mol. The summed E-state index contributed by atoms with van der Waals surface area (Å²) >= 11 is 0. The fourth-order valence-corrected chi connectivity index (χ4v) is 3.85. The lowest BCUT2D eigenvalue weighted by Crippen LogP contribution is -2.36. The first-order valence-corrected chi connectivity index (χ1v) is 8.47. The van der Waals surface area contributed by atoms with Gasteiger partial charge in [-0.05, 0) is 24.3 Å². The Balaban J connectivity index is 1.93. The SMILES string of the molecule is Cc1ccc(C2C3=C(CC(C)(C)CC3=O)Nc3c(C#N)cnn32)cc1. The van der Waals surface area contributed by atoms with Crippen LogP contribution in [-0.2, 0) is 4.79 Å². The molecule has 0 fully saturated rings. The molecule has 0 amide bonds. The van der Waals surface area contributed by atoms with Crippen LogP contribution in [0.3, 0.4) is 0 Å². The van der Waals surface area contributed by atoms with Gasteiger partial charge in [-0.2, -0.15) is 10.4 Å². The molecule has 1 unspecified atom stereocenters. The number of anilines is 1. The van der Waals surface area contributed by atoms with Gasteiger partial charge in [-0.15, -0.1) is 0 Å². The van der Waals surface area contributed by atoms with Gasteiger partial charge >= 0.3 is 0 Å². The number of nitriles is 1. The van der Waals surface area contributed by atoms with E-state index in [-0.39, 0.29) is 17.2 Å². The summed E-state index contributed by atoms with van der Waals surface area (Å²) in [6, 6.07) is 10.1. The van der Waals surface area contributed by atoms with Gasteiger partial charge in [0, 0.05) is 17.7 Å². The second-order valence-electron chi connectivity index (χ2n) is 7.73. The summed E-state index contributed by atoms with van der Waals surface area (Å²) in [6.45, 7) is 6.25. The standard InChI is InChI=1S/C20H20N4O/c1-12-4-6-13(7-5-12)18-17-15(8-20(2,3)9-16(17)25)23-19-14(10-21)11-22-24(18)19/h4-7,11,18,23H,8-9H2,1-3H3. The highest BCUT2D eigenvalue weighted by Gasteiger charge is 2.41. The third-order valence-corrected chi connectivity index (χ3v) is 5.02. The van der Waals surface area contributed by atoms with E-state index < -0.39 is 0 Å². The Morgan fingerprint density at radius 1 is 1.28 bits per heavy atom. The molecule has 25 heavy (non-hydrogen) atoms. The van der Waals surface area contributed by atoms with Crippen molar-refractivity contribution >= 4 is 11.6 Å². The molecule has 2 aromatic rings. The Morgan fingerprint density at radius 2 is 2.00 bits per heavy atom. The zero-order chi connectivity index (χ0) is 17.8. The number of hydrogen-bond acceptors (Lipinski definition) is 4. The molecule has 0 bridgehead atoms. The predicted molar refractivity (Wildman–Crippen MR) is 94.9 cm³/mol. The molecule has 2 aliphatic rings. The lowest BCUT2D eigenvalue weighted by atomic mass is 9.73. The number of aryl methyl sites for hydroxylation is 1. The van der Waals surface area contributed by atoms with Crippen LogP contribution in [0.1, 0.15) is 49.4 Å². The smallest absolute Gasteiger partial charge is 0.163 e. The first-order chi connectivity index (χ1) is 11.9. The van der Waals surface area contributed by atoms with Gasteiger partial charge in [0.05, 0.1) is 6.20 Å². The molecule has 2 heterocycles. The van der Waals surface area contributed by atoms with E-state index in [1.807, 2.05) is 31.2 Å². The predicted octanol–water partition coefficient (Wildman–Crippen LogP) is 3.72. The normalized spacial score (nSPS) is 21.2. The van der Waals surface area contributed by atoms with Gasteiger partial charge in [0.1, 0.15) is 23.5 Å². The molecule has 1 aromatic heterocycles. The number of nitrogens with one attached hydrogen (secondary N) is 1. The number of fused-ring (bicyclic) bond motifs is 1. The number of carbonyl (C=O) groups excluding carboxylic acids is 1. The Hall–Kier alpha value is -2.87. The van der Waals surface area contributed by atoms with Crippen LogP contribution in [0.4, 0.5) is 5.82 Å². The number of rotatable bonds is 1. The van der Waals surface area contributed by atoms with E-state index in [2.05, 4.69) is 30.3 Å². The van der Waals surface area contributed by atoms with E-state index in [9.17, 15) is 10.1 Å². The van der Waals surface area contributed by atoms with Crippen molar-refractivity contribution in [3.63, 3.8) is 0 Å². The van der Waals surface area contributed by atoms with Crippen molar-refractivity contribution in [2.45, 2.75) is 39.7 Å². The summed E-state index contributed by atoms with van der Waals surface area (Å²) in [4.78, 5) is 13.0. The van der Waals surface area contributed by atoms with Gasteiger partial charge in [-0.25, -0.2) is 4.68 Å². The maximum Gasteiger partial charge on any atom is 0.163 e. The summed E-state index contributed by atoms with van der Waals surface area (Å²) in [5, 5.41) is 17.1. The van der Waals surface area contributed by atoms with Crippen molar-refractivity contribution in [2.24, 2.45) is 5.41 Å². The van der Waals surface area contributed by atoms with Gasteiger partial charge in [0.2, 0.25) is 0 Å². The minimum atomic E-state index is -0.280. The molecule has 0 radical (unpaired) electrons. The van der Waals surface area contributed by atoms with Gasteiger partial charge < -0.3 is 5.32 Å². The molecule has 0 saturated heterocycles. The lowest BCUT2D eigenvalue weighted by molar-refractivity contribution is -0.118. The van der Waals surface area contributed by atoms with E-state index in [0.29, 0.717) is 17.8 Å². The first-order valence-electron chi connectivity index (χ1n) is 8.47. The molecule has 1 aliphatic heterocycles. The van der Waals surface area contributed by atoms with Crippen LogP contribution < -0.4 is 5.32 Å². The molecule has 1 atom stereocenters. The van der Waals surface area contributed by atoms with Crippen molar-refractivity contribution in [3.8, 4) is 6.07 Å². The second-order valence-corrected chi connectivity index (χ2v) is 7.73. The molecule has 5 heteroatoms. The molecule has 4 rings (SSSR count). The molecule has 1 aromatic carbocycles. The molecule has 5 nitrogen and oxygen atoms in total. The second kappa shape index (κ2) is 5.32. The van der Waals surface area contributed by atoms with Crippen molar-refractivity contribution < 1.29 is 4.79 Å². The van der Waals surface area contributed by atoms with Gasteiger partial charge in [-0.1, -0.05) is 43.7 Å². The van der Waals surface area contributed by atoms with Crippen LogP contribution in [0.5, 0.6) is 0 Å². The van der Waals surface area contributed by atoms with E-state index in [4.69, 9.17) is 0 Å². The highest BCUT2D eigenvalue weighted by molar-refractivity contribution is 6.00. The number of nitrogens with zero attached hydrogens (tertiary/aromatic N) is 3. The summed E-state index contributed by atoms with van der Waals surface area (Å²) in [5.74, 6) is 0.835. The monoisotopic (exact) mass is 332 g/mol. The summed E-state index contributed by atoms with van der Waals surface area (Å²) < 4.78 is 1.78. The van der Waals surface area contributed by atoms with Crippen LogP contribution in [0.2, 0.25) is 0 Å². The maximum atomic E-state index is 13.0. The molecule has 0 spiro atoms. The number of ketones is 1. The minimum Gasteiger partial charge on any atom is -0.342 e. The molecule has 1 aliphatic carbocycles. The van der Waals surface area contributed by atoms with Gasteiger partial charge in [-0.3, -0.25) is 4.79 Å². The van der Waals surface area contributed by atoms with Crippen molar-refractivity contribution in [3.05, 3.63) is 58.4 Å². The Labute approximate surface area is 147 Å². The maximum absolute atomic E-state index is 13.0. The lowest BCUT2D eigenvalue weighted by Gasteiger charge is -2.38. The van der Waals surface area contributed by atoms with E-state index in [0.717, 1.165) is 23.3 Å². The van der Waals surface area contributed by atoms with Crippen LogP contribution >= 0.6 is 0 Å². The number of Topliss-reactive ketones (excluding diaryl/α,β-unsaturated/α-hetero) is 1. The Morgan fingerprint density at radius 3 is 2.68 bits per heavy atom. The fraction of sp³-hybridized carbons (Fsp3) is 0.350. The quantitative estimate of drug-likeness (QED) is 0.864. The van der Waals surface area contributed by atoms with Crippen molar-refractivity contribution in [1.29, 1.82) is 5.26 Å². The minimum absolute atomic E-state index is 0.0876. The first kappa shape index (κ1) is 15.6. The Bertz CT molecular complexity index is 941. The third kappa shape index (κ3) is 2.45. The zero-order valence-electron chi connectivity index (χ0n) is 14.6. The van der Waals surface area contributed by atoms with E-state index >= 15 is 0 Å². The number of hydrogen-bond donors (Lipinski definition) is 1. The molecule has 126 valence electrons. The summed E-state index contributed by atoms with van der Waals surface area (Å²) in [7, 11) is 0. The molecule has 0 saturated carbocycles. The summed E-state index contributed by atoms with van der Waals surface area (Å²) in [5.41, 5.74) is 4.30. The highest BCUT2D eigenvalue weighted by atomic mass is 16.1. The van der Waals surface area contributed by atoms with Crippen LogP contribution in [0.15, 0.2) is 41.7 Å². The average Bonchev–Trinajstić information content (AvgIpc) is 2.95. The average molecular weight is 332 g/mol. The van der Waals surface area contributed by atoms with Crippen LogP contribution in [0, 0.1) is 23.7 Å². The zero-order valence-corrected chi connectivity index (χ0v) is 14.6. The Kier molecular flexibility index (Phi) is 3.33. The van der Waals surface area contributed by atoms with Crippen molar-refractivity contribution in [2.75, 3.05) is 5.32 Å². The number of carbonyl (C=O) groups is 1.